The Bertz CT molecular complexity index is 870. The normalized spacial score (nSPS) is 10.7. The van der Waals surface area contributed by atoms with Crippen LogP contribution in [0.2, 0.25) is 0 Å². The van der Waals surface area contributed by atoms with Crippen LogP contribution in [-0.4, -0.2) is 9.67 Å². The number of nitrogen functional groups attached to an aromatic ring is 1. The SMILES string of the molecule is Cn1c(=O)c(Oc2ccccc2)c(O)c2cc(N)ccc21. The van der Waals surface area contributed by atoms with Gasteiger partial charge in [0.05, 0.1) is 5.52 Å². The number of aromatic nitrogens is 1. The van der Waals surface area contributed by atoms with Crippen LogP contribution >= 0.6 is 0 Å². The largest absolute Gasteiger partial charge is 0.504 e. The van der Waals surface area contributed by atoms with Gasteiger partial charge in [0.15, 0.2) is 5.75 Å². The Morgan fingerprint density at radius 1 is 1.14 bits per heavy atom. The lowest BCUT2D eigenvalue weighted by atomic mass is 10.1. The van der Waals surface area contributed by atoms with Crippen molar-refractivity contribution in [3.8, 4) is 17.2 Å². The second-order valence-electron chi connectivity index (χ2n) is 4.73. The number of aromatic hydroxyl groups is 1. The molecule has 3 N–H and O–H groups in total. The van der Waals surface area contributed by atoms with E-state index in [1.807, 2.05) is 6.07 Å². The maximum Gasteiger partial charge on any atom is 0.297 e. The highest BCUT2D eigenvalue weighted by Crippen LogP contribution is 2.34. The zero-order valence-corrected chi connectivity index (χ0v) is 11.4. The molecule has 0 atom stereocenters. The molecule has 0 saturated carbocycles. The van der Waals surface area contributed by atoms with E-state index in [4.69, 9.17) is 10.5 Å². The summed E-state index contributed by atoms with van der Waals surface area (Å²) < 4.78 is 6.97. The van der Waals surface area contributed by atoms with Crippen molar-refractivity contribution in [2.24, 2.45) is 7.05 Å². The average Bonchev–Trinajstić information content (AvgIpc) is 2.50. The highest BCUT2D eigenvalue weighted by atomic mass is 16.5. The molecule has 1 aromatic heterocycles. The summed E-state index contributed by atoms with van der Waals surface area (Å²) in [5, 5.41) is 10.8. The van der Waals surface area contributed by atoms with Gasteiger partial charge in [0.1, 0.15) is 5.75 Å². The van der Waals surface area contributed by atoms with E-state index in [2.05, 4.69) is 0 Å². The van der Waals surface area contributed by atoms with Gasteiger partial charge < -0.3 is 20.1 Å². The van der Waals surface area contributed by atoms with E-state index in [9.17, 15) is 9.90 Å². The Morgan fingerprint density at radius 3 is 2.57 bits per heavy atom. The van der Waals surface area contributed by atoms with Crippen LogP contribution in [0, 0.1) is 0 Å². The Balaban J connectivity index is 2.25. The molecule has 0 unspecified atom stereocenters. The van der Waals surface area contributed by atoms with E-state index in [-0.39, 0.29) is 11.5 Å². The van der Waals surface area contributed by atoms with Gasteiger partial charge in [-0.05, 0) is 30.3 Å². The van der Waals surface area contributed by atoms with E-state index in [1.165, 1.54) is 4.57 Å². The minimum atomic E-state index is -0.409. The van der Waals surface area contributed by atoms with Gasteiger partial charge in [-0.2, -0.15) is 0 Å². The summed E-state index contributed by atoms with van der Waals surface area (Å²) in [5.41, 5.74) is 6.43. The number of nitrogens with two attached hydrogens (primary N) is 1. The molecule has 0 aliphatic rings. The summed E-state index contributed by atoms with van der Waals surface area (Å²) in [6, 6.07) is 13.8. The third kappa shape index (κ3) is 2.18. The molecule has 3 aromatic rings. The van der Waals surface area contributed by atoms with Crippen LogP contribution in [0.15, 0.2) is 53.3 Å². The van der Waals surface area contributed by atoms with Gasteiger partial charge in [-0.15, -0.1) is 0 Å². The number of benzene rings is 2. The Morgan fingerprint density at radius 2 is 1.86 bits per heavy atom. The standard InChI is InChI=1S/C16H14N2O3/c1-18-13-8-7-10(17)9-12(13)14(19)15(16(18)20)21-11-5-3-2-4-6-11/h2-9,19H,17H2,1H3. The summed E-state index contributed by atoms with van der Waals surface area (Å²) in [5.74, 6) is 0.166. The lowest BCUT2D eigenvalue weighted by molar-refractivity contribution is 0.407. The number of hydrogen-bond donors (Lipinski definition) is 2. The van der Waals surface area contributed by atoms with Crippen molar-refractivity contribution in [3.63, 3.8) is 0 Å². The number of nitrogens with zero attached hydrogens (tertiary/aromatic N) is 1. The molecular formula is C16H14N2O3. The van der Waals surface area contributed by atoms with E-state index in [0.29, 0.717) is 22.3 Å². The Kier molecular flexibility index (Phi) is 3.02. The van der Waals surface area contributed by atoms with Gasteiger partial charge >= 0.3 is 0 Å². The number of anilines is 1. The minimum absolute atomic E-state index is 0.109. The number of para-hydroxylation sites is 1. The van der Waals surface area contributed by atoms with Gasteiger partial charge in [0, 0.05) is 18.1 Å². The minimum Gasteiger partial charge on any atom is -0.504 e. The first-order valence-electron chi connectivity index (χ1n) is 6.42. The smallest absolute Gasteiger partial charge is 0.297 e. The third-order valence-corrected chi connectivity index (χ3v) is 3.31. The van der Waals surface area contributed by atoms with Crippen LogP contribution < -0.4 is 16.0 Å². The van der Waals surface area contributed by atoms with Crippen LogP contribution in [0.5, 0.6) is 17.2 Å². The monoisotopic (exact) mass is 282 g/mol. The highest BCUT2D eigenvalue weighted by molar-refractivity contribution is 5.90. The molecule has 0 saturated heterocycles. The van der Waals surface area contributed by atoms with Crippen LogP contribution in [0.25, 0.3) is 10.9 Å². The second-order valence-corrected chi connectivity index (χ2v) is 4.73. The number of hydrogen-bond acceptors (Lipinski definition) is 4. The molecule has 21 heavy (non-hydrogen) atoms. The highest BCUT2D eigenvalue weighted by Gasteiger charge is 2.16. The fourth-order valence-corrected chi connectivity index (χ4v) is 2.22. The van der Waals surface area contributed by atoms with Crippen LogP contribution in [0.3, 0.4) is 0 Å². The fraction of sp³-hybridized carbons (Fsp3) is 0.0625. The summed E-state index contributed by atoms with van der Waals surface area (Å²) in [7, 11) is 1.62. The van der Waals surface area contributed by atoms with Crippen LogP contribution in [0.4, 0.5) is 5.69 Å². The van der Waals surface area contributed by atoms with Gasteiger partial charge in [-0.1, -0.05) is 18.2 Å². The first-order chi connectivity index (χ1) is 10.1. The molecule has 2 aromatic carbocycles. The average molecular weight is 282 g/mol. The van der Waals surface area contributed by atoms with Crippen molar-refractivity contribution in [2.45, 2.75) is 0 Å². The van der Waals surface area contributed by atoms with Crippen molar-refractivity contribution < 1.29 is 9.84 Å². The summed E-state index contributed by atoms with van der Waals surface area (Å²) >= 11 is 0. The van der Waals surface area contributed by atoms with E-state index in [0.717, 1.165) is 0 Å². The number of ether oxygens (including phenoxy) is 1. The Hall–Kier alpha value is -2.95. The molecule has 5 nitrogen and oxygen atoms in total. The molecule has 0 bridgehead atoms. The molecule has 3 rings (SSSR count). The van der Waals surface area contributed by atoms with Gasteiger partial charge in [-0.3, -0.25) is 4.79 Å². The van der Waals surface area contributed by atoms with Crippen molar-refractivity contribution >= 4 is 16.6 Å². The van der Waals surface area contributed by atoms with E-state index >= 15 is 0 Å². The zero-order chi connectivity index (χ0) is 15.0. The zero-order valence-electron chi connectivity index (χ0n) is 11.4. The van der Waals surface area contributed by atoms with Gasteiger partial charge in [0.2, 0.25) is 5.75 Å². The quantitative estimate of drug-likeness (QED) is 0.708. The van der Waals surface area contributed by atoms with Crippen molar-refractivity contribution in [1.82, 2.24) is 4.57 Å². The molecule has 0 fully saturated rings. The van der Waals surface area contributed by atoms with Gasteiger partial charge in [-0.25, -0.2) is 0 Å². The topological polar surface area (TPSA) is 77.5 Å². The fourth-order valence-electron chi connectivity index (χ4n) is 2.22. The summed E-state index contributed by atoms with van der Waals surface area (Å²) in [6.07, 6.45) is 0. The number of aryl methyl sites for hydroxylation is 1. The summed E-state index contributed by atoms with van der Waals surface area (Å²) in [6.45, 7) is 0. The van der Waals surface area contributed by atoms with E-state index < -0.39 is 5.56 Å². The van der Waals surface area contributed by atoms with Crippen molar-refractivity contribution in [3.05, 3.63) is 58.9 Å². The molecule has 106 valence electrons. The second kappa shape index (κ2) is 4.86. The number of rotatable bonds is 2. The van der Waals surface area contributed by atoms with Gasteiger partial charge in [0.25, 0.3) is 5.56 Å². The lowest BCUT2D eigenvalue weighted by Gasteiger charge is -2.12. The predicted molar refractivity (Wildman–Crippen MR) is 81.8 cm³/mol. The molecule has 0 amide bonds. The first kappa shape index (κ1) is 13.1. The molecule has 0 spiro atoms. The maximum absolute atomic E-state index is 12.3. The molecule has 1 heterocycles. The Labute approximate surface area is 120 Å². The number of fused-ring (bicyclic) bond motifs is 1. The van der Waals surface area contributed by atoms with Crippen molar-refractivity contribution in [1.29, 1.82) is 0 Å². The summed E-state index contributed by atoms with van der Waals surface area (Å²) in [4.78, 5) is 12.3. The van der Waals surface area contributed by atoms with E-state index in [1.54, 1.807) is 49.5 Å². The predicted octanol–water partition coefficient (Wildman–Crippen LogP) is 2.62. The van der Waals surface area contributed by atoms with Crippen molar-refractivity contribution in [2.75, 3.05) is 5.73 Å². The number of pyridine rings is 1. The molecule has 0 radical (unpaired) electrons. The maximum atomic E-state index is 12.3. The molecule has 0 aliphatic carbocycles. The molecular weight excluding hydrogens is 268 g/mol. The molecule has 5 heteroatoms. The first-order valence-corrected chi connectivity index (χ1v) is 6.42. The van der Waals surface area contributed by atoms with Crippen LogP contribution in [-0.2, 0) is 7.05 Å². The molecule has 0 aliphatic heterocycles. The van der Waals surface area contributed by atoms with Crippen LogP contribution in [0.1, 0.15) is 0 Å². The lowest BCUT2D eigenvalue weighted by Crippen LogP contribution is -2.18. The third-order valence-electron chi connectivity index (χ3n) is 3.31.